The lowest BCUT2D eigenvalue weighted by atomic mass is 10.0. The van der Waals surface area contributed by atoms with E-state index >= 15 is 0 Å². The first-order valence-corrected chi connectivity index (χ1v) is 8.09. The number of rotatable bonds is 5. The van der Waals surface area contributed by atoms with Crippen LogP contribution in [0.3, 0.4) is 0 Å². The van der Waals surface area contributed by atoms with Crippen molar-refractivity contribution in [1.29, 1.82) is 0 Å². The average Bonchev–Trinajstić information content (AvgIpc) is 2.76. The van der Waals surface area contributed by atoms with Crippen LogP contribution >= 0.6 is 27.5 Å². The molecule has 1 aliphatic heterocycles. The van der Waals surface area contributed by atoms with Gasteiger partial charge in [0, 0.05) is 5.02 Å². The smallest absolute Gasteiger partial charge is 0.307 e. The fourth-order valence-corrected chi connectivity index (χ4v) is 2.86. The van der Waals surface area contributed by atoms with E-state index in [-0.39, 0.29) is 18.4 Å². The van der Waals surface area contributed by atoms with Gasteiger partial charge >= 0.3 is 5.97 Å². The van der Waals surface area contributed by atoms with E-state index in [0.29, 0.717) is 16.3 Å². The van der Waals surface area contributed by atoms with Crippen LogP contribution in [0.1, 0.15) is 31.9 Å². The summed E-state index contributed by atoms with van der Waals surface area (Å²) in [4.78, 5) is 24.1. The van der Waals surface area contributed by atoms with Crippen LogP contribution in [0.4, 0.5) is 0 Å². The highest BCUT2D eigenvalue weighted by atomic mass is 79.9. The van der Waals surface area contributed by atoms with Crippen LogP contribution in [0.15, 0.2) is 29.4 Å². The van der Waals surface area contributed by atoms with Crippen molar-refractivity contribution >= 4 is 44.0 Å². The molecule has 1 aromatic rings. The molecule has 7 heteroatoms. The molecular formula is C15H16BrClN2O3. The molecule has 0 saturated heterocycles. The molecule has 118 valence electrons. The SMILES string of the molecule is CCOC(=O)CC1C(=O)N([C@@H](C)c2ccc(Cl)cc2)N=C1Br. The van der Waals surface area contributed by atoms with E-state index in [1.54, 1.807) is 19.1 Å². The minimum Gasteiger partial charge on any atom is -0.466 e. The van der Waals surface area contributed by atoms with Gasteiger partial charge in [0.25, 0.3) is 5.91 Å². The lowest BCUT2D eigenvalue weighted by Gasteiger charge is -2.22. The molecule has 2 atom stereocenters. The zero-order chi connectivity index (χ0) is 16.3. The number of amides is 1. The molecule has 0 spiro atoms. The summed E-state index contributed by atoms with van der Waals surface area (Å²) in [6, 6.07) is 6.99. The quantitative estimate of drug-likeness (QED) is 0.726. The van der Waals surface area contributed by atoms with Gasteiger partial charge in [0.05, 0.1) is 19.1 Å². The third kappa shape index (κ3) is 3.67. The largest absolute Gasteiger partial charge is 0.466 e. The second kappa shape index (κ2) is 7.24. The lowest BCUT2D eigenvalue weighted by Crippen LogP contribution is -2.30. The number of carbonyl (C=O) groups is 2. The molecule has 0 N–H and O–H groups in total. The number of esters is 1. The summed E-state index contributed by atoms with van der Waals surface area (Å²) in [5.41, 5.74) is 0.915. The normalized spacial score (nSPS) is 19.1. The van der Waals surface area contributed by atoms with Gasteiger partial charge in [-0.1, -0.05) is 23.7 Å². The summed E-state index contributed by atoms with van der Waals surface area (Å²) in [5.74, 6) is -1.25. The minimum absolute atomic E-state index is 0.0133. The summed E-state index contributed by atoms with van der Waals surface area (Å²) in [6.07, 6.45) is -0.0133. The van der Waals surface area contributed by atoms with Crippen LogP contribution in [0.5, 0.6) is 0 Å². The Morgan fingerprint density at radius 1 is 1.45 bits per heavy atom. The molecule has 0 saturated carbocycles. The summed E-state index contributed by atoms with van der Waals surface area (Å²) in [5, 5.41) is 6.26. The monoisotopic (exact) mass is 386 g/mol. The number of benzene rings is 1. The molecule has 0 aliphatic carbocycles. The average molecular weight is 388 g/mol. The van der Waals surface area contributed by atoms with E-state index in [1.807, 2.05) is 19.1 Å². The van der Waals surface area contributed by atoms with Gasteiger partial charge in [-0.15, -0.1) is 0 Å². The summed E-state index contributed by atoms with van der Waals surface area (Å²) in [7, 11) is 0. The van der Waals surface area contributed by atoms with Crippen LogP contribution in [0.25, 0.3) is 0 Å². The molecule has 1 heterocycles. The summed E-state index contributed by atoms with van der Waals surface area (Å²) < 4.78 is 5.34. The molecule has 0 radical (unpaired) electrons. The van der Waals surface area contributed by atoms with Crippen molar-refractivity contribution < 1.29 is 14.3 Å². The minimum atomic E-state index is -0.617. The van der Waals surface area contributed by atoms with E-state index in [2.05, 4.69) is 21.0 Å². The van der Waals surface area contributed by atoms with E-state index in [4.69, 9.17) is 16.3 Å². The standard InChI is InChI=1S/C15H16BrClN2O3/c1-3-22-13(20)8-12-14(16)18-19(15(12)21)9(2)10-4-6-11(17)7-5-10/h4-7,9,12H,3,8H2,1-2H3/t9-,12?/m0/s1. The molecular weight excluding hydrogens is 372 g/mol. The Morgan fingerprint density at radius 2 is 2.09 bits per heavy atom. The van der Waals surface area contributed by atoms with Gasteiger partial charge in [-0.3, -0.25) is 9.59 Å². The second-order valence-corrected chi connectivity index (χ2v) is 6.14. The van der Waals surface area contributed by atoms with Crippen LogP contribution in [0, 0.1) is 5.92 Å². The van der Waals surface area contributed by atoms with Crippen molar-refractivity contribution in [2.45, 2.75) is 26.3 Å². The third-order valence-corrected chi connectivity index (χ3v) is 4.37. The Bertz CT molecular complexity index is 603. The van der Waals surface area contributed by atoms with E-state index in [1.165, 1.54) is 5.01 Å². The number of ether oxygens (including phenoxy) is 1. The fraction of sp³-hybridized carbons (Fsp3) is 0.400. The van der Waals surface area contributed by atoms with Crippen molar-refractivity contribution in [3.05, 3.63) is 34.9 Å². The van der Waals surface area contributed by atoms with Gasteiger partial charge in [0.15, 0.2) is 0 Å². The first-order valence-electron chi connectivity index (χ1n) is 6.92. The molecule has 5 nitrogen and oxygen atoms in total. The maximum atomic E-state index is 12.5. The van der Waals surface area contributed by atoms with Crippen molar-refractivity contribution in [2.24, 2.45) is 11.0 Å². The van der Waals surface area contributed by atoms with Crippen LogP contribution in [-0.2, 0) is 14.3 Å². The van der Waals surface area contributed by atoms with Gasteiger partial charge in [-0.25, -0.2) is 5.01 Å². The Balaban J connectivity index is 2.12. The number of hydrogen-bond donors (Lipinski definition) is 0. The van der Waals surface area contributed by atoms with Crippen molar-refractivity contribution in [3.8, 4) is 0 Å². The van der Waals surface area contributed by atoms with Gasteiger partial charge in [-0.05, 0) is 47.5 Å². The van der Waals surface area contributed by atoms with Crippen LogP contribution in [0.2, 0.25) is 5.02 Å². The van der Waals surface area contributed by atoms with Gasteiger partial charge in [-0.2, -0.15) is 5.10 Å². The van der Waals surface area contributed by atoms with Crippen LogP contribution in [-0.4, -0.2) is 28.1 Å². The molecule has 0 bridgehead atoms. The number of halogens is 2. The molecule has 1 unspecified atom stereocenters. The highest BCUT2D eigenvalue weighted by Crippen LogP contribution is 2.31. The Labute approximate surface area is 142 Å². The molecule has 0 fully saturated rings. The van der Waals surface area contributed by atoms with Gasteiger partial charge in [0.2, 0.25) is 0 Å². The second-order valence-electron chi connectivity index (χ2n) is 4.89. The van der Waals surface area contributed by atoms with E-state index in [9.17, 15) is 9.59 Å². The number of hydrogen-bond acceptors (Lipinski definition) is 4. The highest BCUT2D eigenvalue weighted by molar-refractivity contribution is 9.18. The van der Waals surface area contributed by atoms with Crippen LogP contribution < -0.4 is 0 Å². The third-order valence-electron chi connectivity index (χ3n) is 3.41. The topological polar surface area (TPSA) is 59.0 Å². The van der Waals surface area contributed by atoms with Gasteiger partial charge in [0.1, 0.15) is 10.5 Å². The lowest BCUT2D eigenvalue weighted by molar-refractivity contribution is -0.146. The maximum absolute atomic E-state index is 12.5. The number of carbonyl (C=O) groups excluding carboxylic acids is 2. The Morgan fingerprint density at radius 3 is 2.68 bits per heavy atom. The zero-order valence-electron chi connectivity index (χ0n) is 12.3. The fourth-order valence-electron chi connectivity index (χ4n) is 2.20. The Kier molecular flexibility index (Phi) is 5.58. The maximum Gasteiger partial charge on any atom is 0.307 e. The van der Waals surface area contributed by atoms with Crippen molar-refractivity contribution in [1.82, 2.24) is 5.01 Å². The molecule has 0 aromatic heterocycles. The molecule has 1 amide bonds. The summed E-state index contributed by atoms with van der Waals surface area (Å²) >= 11 is 9.15. The summed E-state index contributed by atoms with van der Waals surface area (Å²) in [6.45, 7) is 3.89. The van der Waals surface area contributed by atoms with Crippen molar-refractivity contribution in [2.75, 3.05) is 6.61 Å². The van der Waals surface area contributed by atoms with Gasteiger partial charge < -0.3 is 4.74 Å². The highest BCUT2D eigenvalue weighted by Gasteiger charge is 2.39. The number of nitrogens with zero attached hydrogens (tertiary/aromatic N) is 2. The zero-order valence-corrected chi connectivity index (χ0v) is 14.6. The van der Waals surface area contributed by atoms with E-state index < -0.39 is 11.9 Å². The van der Waals surface area contributed by atoms with Crippen molar-refractivity contribution in [3.63, 3.8) is 0 Å². The molecule has 22 heavy (non-hydrogen) atoms. The molecule has 2 rings (SSSR count). The predicted octanol–water partition coefficient (Wildman–Crippen LogP) is 3.52. The Hall–Kier alpha value is -1.40. The predicted molar refractivity (Wildman–Crippen MR) is 87.8 cm³/mol. The number of hydrazone groups is 1. The first kappa shape index (κ1) is 17.0. The first-order chi connectivity index (χ1) is 10.4. The molecule has 1 aliphatic rings. The van der Waals surface area contributed by atoms with E-state index in [0.717, 1.165) is 5.56 Å². The molecule has 1 aromatic carbocycles.